The molecule has 2 unspecified atom stereocenters. The Kier molecular flexibility index (Phi) is 6.31. The van der Waals surface area contributed by atoms with Crippen molar-refractivity contribution in [3.05, 3.63) is 64.7 Å². The van der Waals surface area contributed by atoms with Crippen LogP contribution in [0.5, 0.6) is 5.75 Å². The molecule has 174 valence electrons. The number of fused-ring (bicyclic) bond motifs is 1. The summed E-state index contributed by atoms with van der Waals surface area (Å²) in [4.78, 5) is 25.5. The summed E-state index contributed by atoms with van der Waals surface area (Å²) in [7, 11) is 0. The van der Waals surface area contributed by atoms with Crippen LogP contribution in [-0.4, -0.2) is 35.9 Å². The van der Waals surface area contributed by atoms with Crippen LogP contribution in [0.3, 0.4) is 0 Å². The van der Waals surface area contributed by atoms with Gasteiger partial charge in [-0.25, -0.2) is 4.39 Å². The number of ether oxygens (including phenoxy) is 1. The van der Waals surface area contributed by atoms with Gasteiger partial charge >= 0.3 is 0 Å². The predicted octanol–water partition coefficient (Wildman–Crippen LogP) is 3.40. The van der Waals surface area contributed by atoms with Gasteiger partial charge in [-0.3, -0.25) is 14.5 Å². The molecule has 0 spiro atoms. The maximum Gasteiger partial charge on any atom is 0.242 e. The number of alkyl halides is 1. The number of nitrogens with one attached hydrogen (secondary N) is 2. The van der Waals surface area contributed by atoms with Crippen LogP contribution >= 0.6 is 0 Å². The second-order valence-electron chi connectivity index (χ2n) is 9.45. The molecule has 0 radical (unpaired) electrons. The number of hydrogen-bond donors (Lipinski definition) is 2. The van der Waals surface area contributed by atoms with Crippen molar-refractivity contribution in [3.8, 4) is 5.75 Å². The lowest BCUT2D eigenvalue weighted by Crippen LogP contribution is -2.41. The van der Waals surface area contributed by atoms with Crippen LogP contribution < -0.4 is 15.4 Å². The maximum atomic E-state index is 14.9. The monoisotopic (exact) mass is 451 g/mol. The first-order chi connectivity index (χ1) is 16.0. The minimum Gasteiger partial charge on any atom is -0.493 e. The van der Waals surface area contributed by atoms with E-state index in [0.717, 1.165) is 34.6 Å². The van der Waals surface area contributed by atoms with E-state index in [0.29, 0.717) is 44.9 Å². The first-order valence-electron chi connectivity index (χ1n) is 11.8. The van der Waals surface area contributed by atoms with Gasteiger partial charge in [0.2, 0.25) is 11.8 Å². The van der Waals surface area contributed by atoms with Crippen molar-refractivity contribution in [2.24, 2.45) is 5.92 Å². The second kappa shape index (κ2) is 9.51. The molecule has 6 nitrogen and oxygen atoms in total. The molecule has 5 rings (SSSR count). The van der Waals surface area contributed by atoms with Crippen LogP contribution in [0.1, 0.15) is 54.1 Å². The van der Waals surface area contributed by atoms with Gasteiger partial charge in [0.05, 0.1) is 6.61 Å². The molecule has 1 saturated heterocycles. The molecule has 0 bridgehead atoms. The Morgan fingerprint density at radius 2 is 1.91 bits per heavy atom. The molecule has 0 aromatic heterocycles. The van der Waals surface area contributed by atoms with E-state index < -0.39 is 12.2 Å². The number of benzene rings is 2. The summed E-state index contributed by atoms with van der Waals surface area (Å²) in [6.07, 6.45) is 2.40. The van der Waals surface area contributed by atoms with Crippen molar-refractivity contribution in [1.29, 1.82) is 0 Å². The number of amides is 2. The van der Waals surface area contributed by atoms with Gasteiger partial charge in [0.15, 0.2) is 0 Å². The number of hydrogen-bond acceptors (Lipinski definition) is 4. The molecule has 2 aromatic rings. The van der Waals surface area contributed by atoms with Gasteiger partial charge in [0.25, 0.3) is 0 Å². The molecule has 3 aliphatic rings. The van der Waals surface area contributed by atoms with Gasteiger partial charge in [-0.1, -0.05) is 30.3 Å². The normalized spacial score (nSPS) is 22.5. The van der Waals surface area contributed by atoms with Crippen molar-refractivity contribution in [1.82, 2.24) is 15.5 Å². The van der Waals surface area contributed by atoms with Crippen LogP contribution in [0.25, 0.3) is 0 Å². The van der Waals surface area contributed by atoms with E-state index in [2.05, 4.69) is 15.5 Å². The molecule has 2 aliphatic heterocycles. The summed E-state index contributed by atoms with van der Waals surface area (Å²) >= 11 is 0. The highest BCUT2D eigenvalue weighted by Gasteiger charge is 2.28. The van der Waals surface area contributed by atoms with Crippen LogP contribution in [-0.2, 0) is 29.2 Å². The Bertz CT molecular complexity index is 1020. The standard InChI is InChI=1S/C26H30FN3O3/c27-23-15-30(14-20-7-8-21(11-22(20)23)33-16-19-5-6-19)13-18-3-1-17(2-4-18)12-28-26(32)24-9-10-25(31)29-24/h1-4,7-8,11,19,23-24H,5-6,9-10,12-16H2,(H,28,32)(H,29,31). The molecule has 1 aliphatic carbocycles. The summed E-state index contributed by atoms with van der Waals surface area (Å²) in [5.41, 5.74) is 3.87. The van der Waals surface area contributed by atoms with Crippen LogP contribution in [0.15, 0.2) is 42.5 Å². The summed E-state index contributed by atoms with van der Waals surface area (Å²) in [6.45, 7) is 2.90. The fourth-order valence-electron chi connectivity index (χ4n) is 4.49. The van der Waals surface area contributed by atoms with Gasteiger partial charge < -0.3 is 15.4 Å². The van der Waals surface area contributed by atoms with Crippen molar-refractivity contribution < 1.29 is 18.7 Å². The van der Waals surface area contributed by atoms with Crippen molar-refractivity contribution in [3.63, 3.8) is 0 Å². The number of carbonyl (C=O) groups is 2. The lowest BCUT2D eigenvalue weighted by atomic mass is 9.97. The molecule has 2 aromatic carbocycles. The maximum absolute atomic E-state index is 14.9. The third-order valence-electron chi connectivity index (χ3n) is 6.66. The number of nitrogens with zero attached hydrogens (tertiary/aromatic N) is 1. The SMILES string of the molecule is O=C1CCC(C(=O)NCc2ccc(CN3Cc4ccc(OCC5CC5)cc4C(F)C3)cc2)N1. The van der Waals surface area contributed by atoms with E-state index in [1.807, 2.05) is 42.5 Å². The molecule has 2 heterocycles. The molecule has 2 fully saturated rings. The summed E-state index contributed by atoms with van der Waals surface area (Å²) in [5, 5.41) is 5.56. The van der Waals surface area contributed by atoms with Gasteiger partial charge in [0, 0.05) is 32.6 Å². The summed E-state index contributed by atoms with van der Waals surface area (Å²) in [6, 6.07) is 13.4. The molecular weight excluding hydrogens is 421 g/mol. The van der Waals surface area contributed by atoms with E-state index in [1.165, 1.54) is 12.8 Å². The number of carbonyl (C=O) groups excluding carboxylic acids is 2. The zero-order valence-electron chi connectivity index (χ0n) is 18.7. The molecule has 1 saturated carbocycles. The van der Waals surface area contributed by atoms with Crippen LogP contribution in [0.4, 0.5) is 4.39 Å². The number of rotatable bonds is 8. The van der Waals surface area contributed by atoms with Gasteiger partial charge in [-0.05, 0) is 59.6 Å². The minimum absolute atomic E-state index is 0.0716. The zero-order chi connectivity index (χ0) is 22.8. The molecule has 7 heteroatoms. The highest BCUT2D eigenvalue weighted by Crippen LogP contribution is 2.34. The largest absolute Gasteiger partial charge is 0.493 e. The van der Waals surface area contributed by atoms with E-state index in [1.54, 1.807) is 0 Å². The van der Waals surface area contributed by atoms with Gasteiger partial charge in [-0.2, -0.15) is 0 Å². The average Bonchev–Trinajstić information content (AvgIpc) is 3.55. The first-order valence-corrected chi connectivity index (χ1v) is 11.8. The summed E-state index contributed by atoms with van der Waals surface area (Å²) in [5.74, 6) is 1.23. The Morgan fingerprint density at radius 1 is 1.12 bits per heavy atom. The molecule has 2 amide bonds. The summed E-state index contributed by atoms with van der Waals surface area (Å²) < 4.78 is 20.8. The average molecular weight is 452 g/mol. The Balaban J connectivity index is 1.13. The lowest BCUT2D eigenvalue weighted by molar-refractivity contribution is -0.125. The fourth-order valence-corrected chi connectivity index (χ4v) is 4.49. The van der Waals surface area contributed by atoms with Crippen LogP contribution in [0.2, 0.25) is 0 Å². The van der Waals surface area contributed by atoms with E-state index in [4.69, 9.17) is 4.74 Å². The third-order valence-corrected chi connectivity index (χ3v) is 6.66. The second-order valence-corrected chi connectivity index (χ2v) is 9.45. The molecular formula is C26H30FN3O3. The Labute approximate surface area is 193 Å². The van der Waals surface area contributed by atoms with E-state index in [9.17, 15) is 14.0 Å². The number of halogens is 1. The van der Waals surface area contributed by atoms with Gasteiger partial charge in [-0.15, -0.1) is 0 Å². The van der Waals surface area contributed by atoms with E-state index >= 15 is 0 Å². The van der Waals surface area contributed by atoms with E-state index in [-0.39, 0.29) is 11.8 Å². The Hall–Kier alpha value is -2.93. The quantitative estimate of drug-likeness (QED) is 0.646. The van der Waals surface area contributed by atoms with Crippen molar-refractivity contribution in [2.75, 3.05) is 13.2 Å². The molecule has 2 atom stereocenters. The predicted molar refractivity (Wildman–Crippen MR) is 122 cm³/mol. The molecule has 33 heavy (non-hydrogen) atoms. The smallest absolute Gasteiger partial charge is 0.242 e. The first kappa shape index (κ1) is 21.9. The topological polar surface area (TPSA) is 70.7 Å². The van der Waals surface area contributed by atoms with Gasteiger partial charge in [0.1, 0.15) is 18.0 Å². The van der Waals surface area contributed by atoms with Crippen molar-refractivity contribution >= 4 is 11.8 Å². The molecule has 2 N–H and O–H groups in total. The third kappa shape index (κ3) is 5.53. The zero-order valence-corrected chi connectivity index (χ0v) is 18.7. The highest BCUT2D eigenvalue weighted by atomic mass is 19.1. The fraction of sp³-hybridized carbons (Fsp3) is 0.462. The Morgan fingerprint density at radius 3 is 2.64 bits per heavy atom. The minimum atomic E-state index is -1.02. The highest BCUT2D eigenvalue weighted by molar-refractivity contribution is 5.90. The lowest BCUT2D eigenvalue weighted by Gasteiger charge is -2.31. The van der Waals surface area contributed by atoms with Crippen LogP contribution in [0, 0.1) is 5.92 Å². The van der Waals surface area contributed by atoms with Crippen molar-refractivity contribution in [2.45, 2.75) is 57.5 Å².